The van der Waals surface area contributed by atoms with Gasteiger partial charge in [-0.2, -0.15) is 0 Å². The number of phenols is 1. The quantitative estimate of drug-likeness (QED) is 0.568. The lowest BCUT2D eigenvalue weighted by atomic mass is 9.98. The van der Waals surface area contributed by atoms with Crippen LogP contribution in [0, 0.1) is 10.1 Å². The van der Waals surface area contributed by atoms with Crippen molar-refractivity contribution < 1.29 is 10.0 Å². The van der Waals surface area contributed by atoms with Gasteiger partial charge >= 0.3 is 5.69 Å². The zero-order valence-corrected chi connectivity index (χ0v) is 8.14. The van der Waals surface area contributed by atoms with E-state index in [4.69, 9.17) is 0 Å². The summed E-state index contributed by atoms with van der Waals surface area (Å²) in [5.74, 6) is 0.112. The number of nitro benzene ring substituents is 1. The molecule has 1 atom stereocenters. The second-order valence-electron chi connectivity index (χ2n) is 3.69. The molecule has 0 spiro atoms. The van der Waals surface area contributed by atoms with Crippen molar-refractivity contribution in [2.45, 2.75) is 12.3 Å². The van der Waals surface area contributed by atoms with Crippen molar-refractivity contribution in [2.24, 2.45) is 0 Å². The molecule has 0 saturated carbocycles. The Bertz CT molecular complexity index is 386. The Morgan fingerprint density at radius 3 is 2.87 bits per heavy atom. The Labute approximate surface area is 86.9 Å². The number of hydrogen-bond donors (Lipinski definition) is 2. The van der Waals surface area contributed by atoms with Crippen LogP contribution in [0.1, 0.15) is 17.9 Å². The number of benzene rings is 1. The average Bonchev–Trinajstić information content (AvgIpc) is 2.69. The number of nitrogens with zero attached hydrogens (tertiary/aromatic N) is 1. The highest BCUT2D eigenvalue weighted by Crippen LogP contribution is 2.31. The van der Waals surface area contributed by atoms with Gasteiger partial charge in [-0.25, -0.2) is 0 Å². The molecule has 5 heteroatoms. The Morgan fingerprint density at radius 1 is 1.53 bits per heavy atom. The van der Waals surface area contributed by atoms with E-state index in [-0.39, 0.29) is 11.4 Å². The molecule has 2 N–H and O–H groups in total. The highest BCUT2D eigenvalue weighted by Gasteiger charge is 2.20. The maximum absolute atomic E-state index is 10.5. The van der Waals surface area contributed by atoms with Gasteiger partial charge in [-0.15, -0.1) is 0 Å². The first kappa shape index (κ1) is 9.92. The molecule has 0 radical (unpaired) electrons. The number of rotatable bonds is 2. The smallest absolute Gasteiger partial charge is 0.310 e. The number of aromatic hydroxyl groups is 1. The van der Waals surface area contributed by atoms with E-state index in [0.29, 0.717) is 5.92 Å². The number of nitrogens with one attached hydrogen (secondary N) is 1. The first-order valence-electron chi connectivity index (χ1n) is 4.86. The Morgan fingerprint density at radius 2 is 2.33 bits per heavy atom. The fourth-order valence-electron chi connectivity index (χ4n) is 1.89. The third-order valence-corrected chi connectivity index (χ3v) is 2.73. The average molecular weight is 208 g/mol. The largest absolute Gasteiger partial charge is 0.502 e. The van der Waals surface area contributed by atoms with Gasteiger partial charge in [-0.1, -0.05) is 6.07 Å². The molecule has 1 aliphatic heterocycles. The normalized spacial score (nSPS) is 20.4. The summed E-state index contributed by atoms with van der Waals surface area (Å²) in [6.07, 6.45) is 1.01. The van der Waals surface area contributed by atoms with Crippen LogP contribution >= 0.6 is 0 Å². The first-order valence-corrected chi connectivity index (χ1v) is 4.86. The molecule has 1 aromatic rings. The number of nitro groups is 1. The molecule has 5 nitrogen and oxygen atoms in total. The number of phenolic OH excluding ortho intramolecular Hbond substituents is 1. The highest BCUT2D eigenvalue weighted by atomic mass is 16.6. The van der Waals surface area contributed by atoms with Crippen molar-refractivity contribution in [3.63, 3.8) is 0 Å². The van der Waals surface area contributed by atoms with Gasteiger partial charge in [0, 0.05) is 12.6 Å². The van der Waals surface area contributed by atoms with E-state index < -0.39 is 4.92 Å². The summed E-state index contributed by atoms with van der Waals surface area (Å²) in [5.41, 5.74) is 0.729. The Hall–Kier alpha value is -1.62. The second kappa shape index (κ2) is 3.86. The molecule has 1 aromatic carbocycles. The fourth-order valence-corrected chi connectivity index (χ4v) is 1.89. The monoisotopic (exact) mass is 208 g/mol. The lowest BCUT2D eigenvalue weighted by molar-refractivity contribution is -0.385. The van der Waals surface area contributed by atoms with Crippen LogP contribution < -0.4 is 5.32 Å². The standard InChI is InChI=1S/C10H12N2O3/c13-10-5-7(8-3-4-11-6-8)1-2-9(10)12(14)15/h1-2,5,8,11,13H,3-4,6H2. The SMILES string of the molecule is O=[N+]([O-])c1ccc(C2CCNC2)cc1O. The van der Waals surface area contributed by atoms with E-state index in [1.165, 1.54) is 12.1 Å². The van der Waals surface area contributed by atoms with Crippen molar-refractivity contribution in [1.82, 2.24) is 5.32 Å². The third-order valence-electron chi connectivity index (χ3n) is 2.73. The first-order chi connectivity index (χ1) is 7.18. The van der Waals surface area contributed by atoms with Crippen LogP contribution in [0.4, 0.5) is 5.69 Å². The lowest BCUT2D eigenvalue weighted by Crippen LogP contribution is -2.07. The molecule has 15 heavy (non-hydrogen) atoms. The van der Waals surface area contributed by atoms with Gasteiger partial charge < -0.3 is 10.4 Å². The van der Waals surface area contributed by atoms with Gasteiger partial charge in [0.15, 0.2) is 5.75 Å². The summed E-state index contributed by atoms with van der Waals surface area (Å²) in [7, 11) is 0. The van der Waals surface area contributed by atoms with Crippen molar-refractivity contribution in [2.75, 3.05) is 13.1 Å². The van der Waals surface area contributed by atoms with E-state index in [2.05, 4.69) is 5.32 Å². The molecule has 0 amide bonds. The van der Waals surface area contributed by atoms with Gasteiger partial charge in [0.1, 0.15) is 0 Å². The molecule has 2 rings (SSSR count). The fraction of sp³-hybridized carbons (Fsp3) is 0.400. The Balaban J connectivity index is 2.28. The minimum absolute atomic E-state index is 0.232. The molecular weight excluding hydrogens is 196 g/mol. The predicted octanol–water partition coefficient (Wildman–Crippen LogP) is 1.38. The van der Waals surface area contributed by atoms with Crippen LogP contribution in [0.25, 0.3) is 0 Å². The van der Waals surface area contributed by atoms with Gasteiger partial charge in [-0.3, -0.25) is 10.1 Å². The lowest BCUT2D eigenvalue weighted by Gasteiger charge is -2.08. The van der Waals surface area contributed by atoms with Crippen molar-refractivity contribution in [3.8, 4) is 5.75 Å². The van der Waals surface area contributed by atoms with E-state index in [9.17, 15) is 15.2 Å². The molecule has 1 saturated heterocycles. The molecule has 1 aliphatic rings. The third kappa shape index (κ3) is 1.92. The maximum Gasteiger partial charge on any atom is 0.310 e. The topological polar surface area (TPSA) is 75.4 Å². The summed E-state index contributed by atoms with van der Waals surface area (Å²) in [4.78, 5) is 9.91. The maximum atomic E-state index is 10.5. The van der Waals surface area contributed by atoms with E-state index in [1.54, 1.807) is 6.07 Å². The van der Waals surface area contributed by atoms with Gasteiger partial charge in [0.05, 0.1) is 4.92 Å². The van der Waals surface area contributed by atoms with Gasteiger partial charge in [-0.05, 0) is 30.5 Å². The van der Waals surface area contributed by atoms with Crippen LogP contribution in [0.3, 0.4) is 0 Å². The van der Waals surface area contributed by atoms with Crippen LogP contribution in [-0.4, -0.2) is 23.1 Å². The summed E-state index contributed by atoms with van der Waals surface area (Å²) >= 11 is 0. The second-order valence-corrected chi connectivity index (χ2v) is 3.69. The van der Waals surface area contributed by atoms with Crippen molar-refractivity contribution >= 4 is 5.69 Å². The molecule has 0 aromatic heterocycles. The minimum atomic E-state index is -0.577. The summed E-state index contributed by atoms with van der Waals surface area (Å²) in [6.45, 7) is 1.83. The summed E-state index contributed by atoms with van der Waals surface area (Å²) in [5, 5.41) is 23.2. The van der Waals surface area contributed by atoms with E-state index in [1.807, 2.05) is 0 Å². The van der Waals surface area contributed by atoms with E-state index in [0.717, 1.165) is 25.1 Å². The van der Waals surface area contributed by atoms with Gasteiger partial charge in [0.25, 0.3) is 0 Å². The van der Waals surface area contributed by atoms with Crippen LogP contribution in [0.5, 0.6) is 5.75 Å². The molecule has 0 bridgehead atoms. The molecule has 1 fully saturated rings. The van der Waals surface area contributed by atoms with Gasteiger partial charge in [0.2, 0.25) is 0 Å². The molecule has 0 aliphatic carbocycles. The summed E-state index contributed by atoms with van der Waals surface area (Å²) in [6, 6.07) is 4.58. The Kier molecular flexibility index (Phi) is 2.55. The zero-order valence-electron chi connectivity index (χ0n) is 8.14. The minimum Gasteiger partial charge on any atom is -0.502 e. The summed E-state index contributed by atoms with van der Waals surface area (Å²) < 4.78 is 0. The molecule has 80 valence electrons. The van der Waals surface area contributed by atoms with Crippen molar-refractivity contribution in [3.05, 3.63) is 33.9 Å². The van der Waals surface area contributed by atoms with Crippen LogP contribution in [0.2, 0.25) is 0 Å². The molecule has 1 unspecified atom stereocenters. The molecular formula is C10H12N2O3. The van der Waals surface area contributed by atoms with Crippen LogP contribution in [-0.2, 0) is 0 Å². The van der Waals surface area contributed by atoms with Crippen molar-refractivity contribution in [1.29, 1.82) is 0 Å². The van der Waals surface area contributed by atoms with E-state index >= 15 is 0 Å². The molecule has 1 heterocycles. The predicted molar refractivity (Wildman–Crippen MR) is 55.0 cm³/mol. The number of hydrogen-bond acceptors (Lipinski definition) is 4. The highest BCUT2D eigenvalue weighted by molar-refractivity contribution is 5.48. The zero-order chi connectivity index (χ0) is 10.8. The van der Waals surface area contributed by atoms with Crippen LogP contribution in [0.15, 0.2) is 18.2 Å².